The van der Waals surface area contributed by atoms with Gasteiger partial charge in [0.05, 0.1) is 5.60 Å². The lowest BCUT2D eigenvalue weighted by molar-refractivity contribution is 0.107. The topological polar surface area (TPSA) is 20.2 Å². The minimum absolute atomic E-state index is 0.590. The summed E-state index contributed by atoms with van der Waals surface area (Å²) in [4.78, 5) is 1.25. The highest BCUT2D eigenvalue weighted by Gasteiger charge is 2.12. The average Bonchev–Trinajstić information content (AvgIpc) is 2.01. The van der Waals surface area contributed by atoms with Crippen molar-refractivity contribution in [2.45, 2.75) is 31.3 Å². The van der Waals surface area contributed by atoms with Crippen LogP contribution in [-0.4, -0.2) is 16.5 Å². The zero-order chi connectivity index (χ0) is 9.90. The van der Waals surface area contributed by atoms with Crippen LogP contribution in [0.25, 0.3) is 0 Å². The molecule has 0 aliphatic rings. The molecule has 0 fully saturated rings. The minimum atomic E-state index is -0.590. The van der Waals surface area contributed by atoms with Gasteiger partial charge in [0.1, 0.15) is 0 Å². The largest absolute Gasteiger partial charge is 0.390 e. The molecule has 72 valence electrons. The second kappa shape index (κ2) is 4.16. The zero-order valence-corrected chi connectivity index (χ0v) is 9.19. The van der Waals surface area contributed by atoms with Crippen LogP contribution in [0.2, 0.25) is 0 Å². The summed E-state index contributed by atoms with van der Waals surface area (Å²) in [5.41, 5.74) is 0.684. The number of benzene rings is 1. The second-order valence-corrected chi connectivity index (χ2v) is 4.88. The van der Waals surface area contributed by atoms with Gasteiger partial charge in [0.2, 0.25) is 0 Å². The van der Waals surface area contributed by atoms with Gasteiger partial charge in [0.25, 0.3) is 0 Å². The quantitative estimate of drug-likeness (QED) is 0.750. The molecule has 0 bridgehead atoms. The molecule has 2 heteroatoms. The molecule has 13 heavy (non-hydrogen) atoms. The van der Waals surface area contributed by atoms with E-state index in [1.807, 2.05) is 26.0 Å². The van der Waals surface area contributed by atoms with Crippen molar-refractivity contribution in [1.82, 2.24) is 0 Å². The Labute approximate surface area is 84.2 Å². The molecule has 1 rings (SSSR count). The average molecular weight is 196 g/mol. The van der Waals surface area contributed by atoms with Gasteiger partial charge < -0.3 is 5.11 Å². The first-order valence-corrected chi connectivity index (χ1v) is 5.38. The van der Waals surface area contributed by atoms with Gasteiger partial charge in [-0.05, 0) is 32.4 Å². The van der Waals surface area contributed by atoms with Gasteiger partial charge in [-0.3, -0.25) is 0 Å². The van der Waals surface area contributed by atoms with Gasteiger partial charge in [-0.15, -0.1) is 11.8 Å². The van der Waals surface area contributed by atoms with E-state index >= 15 is 0 Å². The summed E-state index contributed by atoms with van der Waals surface area (Å²) in [5.74, 6) is 0.734. The molecule has 0 saturated heterocycles. The van der Waals surface area contributed by atoms with Gasteiger partial charge >= 0.3 is 0 Å². The molecule has 0 saturated carbocycles. The maximum absolute atomic E-state index is 9.55. The minimum Gasteiger partial charge on any atom is -0.390 e. The van der Waals surface area contributed by atoms with Crippen molar-refractivity contribution in [3.63, 3.8) is 0 Å². The SMILES string of the molecule is Cc1ccccc1SCC(C)(C)O. The Morgan fingerprint density at radius 2 is 1.92 bits per heavy atom. The fourth-order valence-electron chi connectivity index (χ4n) is 0.973. The highest BCUT2D eigenvalue weighted by molar-refractivity contribution is 7.99. The first-order valence-electron chi connectivity index (χ1n) is 4.40. The summed E-state index contributed by atoms with van der Waals surface area (Å²) in [5, 5.41) is 9.55. The van der Waals surface area contributed by atoms with Crippen LogP contribution in [0.15, 0.2) is 29.2 Å². The molecule has 1 N–H and O–H groups in total. The van der Waals surface area contributed by atoms with Crippen LogP contribution in [0.4, 0.5) is 0 Å². The Bertz CT molecular complexity index is 276. The summed E-state index contributed by atoms with van der Waals surface area (Å²) in [6.45, 7) is 5.75. The van der Waals surface area contributed by atoms with E-state index < -0.39 is 5.60 Å². The molecule has 1 nitrogen and oxygen atoms in total. The first kappa shape index (κ1) is 10.6. The van der Waals surface area contributed by atoms with Crippen LogP contribution >= 0.6 is 11.8 Å². The molecule has 0 aliphatic heterocycles. The Morgan fingerprint density at radius 1 is 1.31 bits per heavy atom. The van der Waals surface area contributed by atoms with Crippen molar-refractivity contribution >= 4 is 11.8 Å². The predicted molar refractivity (Wildman–Crippen MR) is 58.2 cm³/mol. The summed E-state index contributed by atoms with van der Waals surface area (Å²) >= 11 is 1.70. The van der Waals surface area contributed by atoms with Crippen molar-refractivity contribution in [1.29, 1.82) is 0 Å². The van der Waals surface area contributed by atoms with E-state index in [1.54, 1.807) is 11.8 Å². The molecule has 0 atom stereocenters. The third kappa shape index (κ3) is 3.83. The monoisotopic (exact) mass is 196 g/mol. The normalized spacial score (nSPS) is 11.7. The molecule has 0 aromatic heterocycles. The van der Waals surface area contributed by atoms with Crippen molar-refractivity contribution in [3.05, 3.63) is 29.8 Å². The first-order chi connectivity index (χ1) is 5.99. The molecule has 0 aliphatic carbocycles. The number of aryl methyl sites for hydroxylation is 1. The Hall–Kier alpha value is -0.470. The maximum Gasteiger partial charge on any atom is 0.0685 e. The molecule has 1 aromatic rings. The Balaban J connectivity index is 2.60. The molecule has 0 heterocycles. The standard InChI is InChI=1S/C11H16OS/c1-9-6-4-5-7-10(9)13-8-11(2,3)12/h4-7,12H,8H2,1-3H3. The Kier molecular flexibility index (Phi) is 3.40. The van der Waals surface area contributed by atoms with Crippen molar-refractivity contribution in [2.75, 3.05) is 5.75 Å². The molecular weight excluding hydrogens is 180 g/mol. The van der Waals surface area contributed by atoms with Crippen LogP contribution in [0.3, 0.4) is 0 Å². The summed E-state index contributed by atoms with van der Waals surface area (Å²) in [6.07, 6.45) is 0. The molecule has 1 aromatic carbocycles. The van der Waals surface area contributed by atoms with Gasteiger partial charge in [-0.25, -0.2) is 0 Å². The van der Waals surface area contributed by atoms with Crippen molar-refractivity contribution in [3.8, 4) is 0 Å². The summed E-state index contributed by atoms with van der Waals surface area (Å²) in [7, 11) is 0. The molecular formula is C11H16OS. The molecule has 0 radical (unpaired) electrons. The number of aliphatic hydroxyl groups is 1. The fraction of sp³-hybridized carbons (Fsp3) is 0.455. The fourth-order valence-corrected chi connectivity index (χ4v) is 1.95. The van der Waals surface area contributed by atoms with Crippen LogP contribution in [0.5, 0.6) is 0 Å². The third-order valence-electron chi connectivity index (χ3n) is 1.67. The van der Waals surface area contributed by atoms with Crippen molar-refractivity contribution in [2.24, 2.45) is 0 Å². The van der Waals surface area contributed by atoms with Gasteiger partial charge in [-0.1, -0.05) is 18.2 Å². The highest BCUT2D eigenvalue weighted by Crippen LogP contribution is 2.24. The lowest BCUT2D eigenvalue weighted by atomic mass is 10.2. The lowest BCUT2D eigenvalue weighted by Gasteiger charge is -2.16. The number of hydrogen-bond acceptors (Lipinski definition) is 2. The molecule has 0 unspecified atom stereocenters. The van der Waals surface area contributed by atoms with Crippen LogP contribution in [0, 0.1) is 6.92 Å². The highest BCUT2D eigenvalue weighted by atomic mass is 32.2. The molecule has 0 amide bonds. The van der Waals surface area contributed by atoms with Crippen LogP contribution in [0.1, 0.15) is 19.4 Å². The van der Waals surface area contributed by atoms with E-state index in [-0.39, 0.29) is 0 Å². The van der Waals surface area contributed by atoms with E-state index in [0.29, 0.717) is 0 Å². The number of hydrogen-bond donors (Lipinski definition) is 1. The molecule has 0 spiro atoms. The van der Waals surface area contributed by atoms with Crippen LogP contribution in [-0.2, 0) is 0 Å². The second-order valence-electron chi connectivity index (χ2n) is 3.87. The number of thioether (sulfide) groups is 1. The number of rotatable bonds is 3. The maximum atomic E-state index is 9.55. The summed E-state index contributed by atoms with van der Waals surface area (Å²) < 4.78 is 0. The van der Waals surface area contributed by atoms with Gasteiger partial charge in [-0.2, -0.15) is 0 Å². The summed E-state index contributed by atoms with van der Waals surface area (Å²) in [6, 6.07) is 8.24. The van der Waals surface area contributed by atoms with E-state index in [4.69, 9.17) is 0 Å². The van der Waals surface area contributed by atoms with Gasteiger partial charge in [0, 0.05) is 10.6 Å². The van der Waals surface area contributed by atoms with Crippen molar-refractivity contribution < 1.29 is 5.11 Å². The van der Waals surface area contributed by atoms with E-state index in [0.717, 1.165) is 5.75 Å². The predicted octanol–water partition coefficient (Wildman–Crippen LogP) is 2.86. The van der Waals surface area contributed by atoms with E-state index in [2.05, 4.69) is 19.1 Å². The van der Waals surface area contributed by atoms with E-state index in [9.17, 15) is 5.11 Å². The Morgan fingerprint density at radius 3 is 2.46 bits per heavy atom. The van der Waals surface area contributed by atoms with E-state index in [1.165, 1.54) is 10.5 Å². The van der Waals surface area contributed by atoms with Gasteiger partial charge in [0.15, 0.2) is 0 Å². The lowest BCUT2D eigenvalue weighted by Crippen LogP contribution is -2.21. The van der Waals surface area contributed by atoms with Crippen LogP contribution < -0.4 is 0 Å². The zero-order valence-electron chi connectivity index (χ0n) is 8.37. The smallest absolute Gasteiger partial charge is 0.0685 e. The third-order valence-corrected chi connectivity index (χ3v) is 3.29.